The van der Waals surface area contributed by atoms with E-state index in [-0.39, 0.29) is 18.1 Å². The molecule has 0 saturated carbocycles. The van der Waals surface area contributed by atoms with E-state index in [2.05, 4.69) is 10.6 Å². The molecule has 0 aromatic heterocycles. The Labute approximate surface area is 116 Å². The number of hydrogen-bond acceptors (Lipinski definition) is 4. The standard InChI is InChI=1S/C14H16N2O4/c1-3-20-13(18)12-8(2)11(15-14(19)16-12)9-6-4-5-7-10(9)17/h4-7,11,17H,3H2,1-2H3,(H2,15,16,19)/t11-/m1/s1. The number of esters is 1. The molecule has 0 bridgehead atoms. The second-order valence-electron chi connectivity index (χ2n) is 4.37. The lowest BCUT2D eigenvalue weighted by atomic mass is 9.96. The van der Waals surface area contributed by atoms with E-state index in [1.807, 2.05) is 0 Å². The van der Waals surface area contributed by atoms with Gasteiger partial charge in [0, 0.05) is 5.56 Å². The average molecular weight is 276 g/mol. The summed E-state index contributed by atoms with van der Waals surface area (Å²) in [5, 5.41) is 15.0. The third-order valence-corrected chi connectivity index (χ3v) is 3.07. The molecule has 106 valence electrons. The van der Waals surface area contributed by atoms with Gasteiger partial charge in [-0.05, 0) is 25.5 Å². The maximum absolute atomic E-state index is 11.8. The molecule has 0 spiro atoms. The van der Waals surface area contributed by atoms with Crippen LogP contribution in [-0.2, 0) is 9.53 Å². The molecule has 0 radical (unpaired) electrons. The van der Waals surface area contributed by atoms with Gasteiger partial charge in [-0.1, -0.05) is 18.2 Å². The Morgan fingerprint density at radius 3 is 2.75 bits per heavy atom. The molecule has 2 rings (SSSR count). The van der Waals surface area contributed by atoms with Crippen molar-refractivity contribution < 1.29 is 19.4 Å². The molecule has 2 amide bonds. The van der Waals surface area contributed by atoms with Crippen molar-refractivity contribution in [2.75, 3.05) is 6.61 Å². The highest BCUT2D eigenvalue weighted by Gasteiger charge is 2.30. The summed E-state index contributed by atoms with van der Waals surface area (Å²) in [6, 6.07) is 5.59. The van der Waals surface area contributed by atoms with E-state index in [9.17, 15) is 14.7 Å². The molecule has 20 heavy (non-hydrogen) atoms. The van der Waals surface area contributed by atoms with Crippen molar-refractivity contribution in [3.05, 3.63) is 41.1 Å². The molecule has 1 aliphatic heterocycles. The molecule has 1 aromatic rings. The van der Waals surface area contributed by atoms with Crippen LogP contribution >= 0.6 is 0 Å². The van der Waals surface area contributed by atoms with Gasteiger partial charge < -0.3 is 20.5 Å². The molecule has 6 nitrogen and oxygen atoms in total. The second kappa shape index (κ2) is 5.64. The first kappa shape index (κ1) is 13.9. The van der Waals surface area contributed by atoms with E-state index in [0.29, 0.717) is 11.1 Å². The third kappa shape index (κ3) is 2.59. The summed E-state index contributed by atoms with van der Waals surface area (Å²) in [7, 11) is 0. The SMILES string of the molecule is CCOC(=O)C1=C(C)[C@H](c2ccccc2O)NC(=O)N1. The number of carbonyl (C=O) groups is 2. The summed E-state index contributed by atoms with van der Waals surface area (Å²) in [5.41, 5.74) is 1.23. The van der Waals surface area contributed by atoms with Gasteiger partial charge in [0.05, 0.1) is 12.6 Å². The Kier molecular flexibility index (Phi) is 3.93. The van der Waals surface area contributed by atoms with Crippen LogP contribution in [0.2, 0.25) is 0 Å². The average Bonchev–Trinajstić information content (AvgIpc) is 2.42. The largest absolute Gasteiger partial charge is 0.508 e. The first-order valence-corrected chi connectivity index (χ1v) is 6.28. The van der Waals surface area contributed by atoms with E-state index < -0.39 is 18.0 Å². The van der Waals surface area contributed by atoms with Crippen molar-refractivity contribution in [2.24, 2.45) is 0 Å². The number of rotatable bonds is 3. The number of urea groups is 1. The zero-order valence-electron chi connectivity index (χ0n) is 11.3. The number of para-hydroxylation sites is 1. The fourth-order valence-corrected chi connectivity index (χ4v) is 2.09. The number of aromatic hydroxyl groups is 1. The number of ether oxygens (including phenoxy) is 1. The van der Waals surface area contributed by atoms with Gasteiger partial charge in [0.1, 0.15) is 11.4 Å². The first-order chi connectivity index (χ1) is 9.54. The van der Waals surface area contributed by atoms with E-state index in [4.69, 9.17) is 4.74 Å². The Morgan fingerprint density at radius 1 is 1.40 bits per heavy atom. The van der Waals surface area contributed by atoms with Crippen LogP contribution in [0.15, 0.2) is 35.5 Å². The van der Waals surface area contributed by atoms with Gasteiger partial charge in [-0.3, -0.25) is 0 Å². The zero-order valence-corrected chi connectivity index (χ0v) is 11.3. The van der Waals surface area contributed by atoms with Crippen LogP contribution in [0.25, 0.3) is 0 Å². The maximum Gasteiger partial charge on any atom is 0.354 e. The van der Waals surface area contributed by atoms with Crippen LogP contribution in [0.1, 0.15) is 25.5 Å². The van der Waals surface area contributed by atoms with Crippen LogP contribution in [0.3, 0.4) is 0 Å². The Hall–Kier alpha value is -2.50. The van der Waals surface area contributed by atoms with Crippen molar-refractivity contribution >= 4 is 12.0 Å². The van der Waals surface area contributed by atoms with Gasteiger partial charge in [0.25, 0.3) is 0 Å². The van der Waals surface area contributed by atoms with Gasteiger partial charge in [0.2, 0.25) is 0 Å². The van der Waals surface area contributed by atoms with Crippen molar-refractivity contribution in [3.63, 3.8) is 0 Å². The number of phenols is 1. The molecule has 0 fully saturated rings. The van der Waals surface area contributed by atoms with Crippen molar-refractivity contribution in [2.45, 2.75) is 19.9 Å². The normalized spacial score (nSPS) is 18.3. The summed E-state index contributed by atoms with van der Waals surface area (Å²) in [6.45, 7) is 3.62. The lowest BCUT2D eigenvalue weighted by molar-refractivity contribution is -0.139. The number of amides is 2. The molecule has 0 aliphatic carbocycles. The third-order valence-electron chi connectivity index (χ3n) is 3.07. The van der Waals surface area contributed by atoms with Gasteiger partial charge in [-0.2, -0.15) is 0 Å². The molecule has 3 N–H and O–H groups in total. The topological polar surface area (TPSA) is 87.7 Å². The molecule has 1 heterocycles. The highest BCUT2D eigenvalue weighted by Crippen LogP contribution is 2.31. The summed E-state index contributed by atoms with van der Waals surface area (Å²) >= 11 is 0. The number of phenolic OH excluding ortho intramolecular Hbond substituents is 1. The molecular weight excluding hydrogens is 260 g/mol. The van der Waals surface area contributed by atoms with E-state index in [1.165, 1.54) is 6.07 Å². The lowest BCUT2D eigenvalue weighted by Crippen LogP contribution is -2.45. The predicted molar refractivity (Wildman–Crippen MR) is 71.8 cm³/mol. The smallest absolute Gasteiger partial charge is 0.354 e. The lowest BCUT2D eigenvalue weighted by Gasteiger charge is -2.28. The first-order valence-electron chi connectivity index (χ1n) is 6.28. The van der Waals surface area contributed by atoms with Gasteiger partial charge in [-0.25, -0.2) is 9.59 Å². The molecular formula is C14H16N2O4. The molecule has 1 aromatic carbocycles. The zero-order chi connectivity index (χ0) is 14.7. The van der Waals surface area contributed by atoms with Gasteiger partial charge in [0.15, 0.2) is 0 Å². The molecule has 1 atom stereocenters. The van der Waals surface area contributed by atoms with E-state index in [1.54, 1.807) is 32.0 Å². The Bertz CT molecular complexity index is 580. The minimum absolute atomic E-state index is 0.0576. The highest BCUT2D eigenvalue weighted by molar-refractivity contribution is 5.96. The highest BCUT2D eigenvalue weighted by atomic mass is 16.5. The fourth-order valence-electron chi connectivity index (χ4n) is 2.09. The second-order valence-corrected chi connectivity index (χ2v) is 4.37. The summed E-state index contributed by atoms with van der Waals surface area (Å²) in [6.07, 6.45) is 0. The van der Waals surface area contributed by atoms with Crippen LogP contribution in [0, 0.1) is 0 Å². The van der Waals surface area contributed by atoms with Crippen molar-refractivity contribution in [3.8, 4) is 5.75 Å². The van der Waals surface area contributed by atoms with Crippen LogP contribution < -0.4 is 10.6 Å². The van der Waals surface area contributed by atoms with Crippen LogP contribution in [-0.4, -0.2) is 23.7 Å². The quantitative estimate of drug-likeness (QED) is 0.731. The monoisotopic (exact) mass is 276 g/mol. The van der Waals surface area contributed by atoms with E-state index in [0.717, 1.165) is 0 Å². The van der Waals surface area contributed by atoms with Crippen molar-refractivity contribution in [1.29, 1.82) is 0 Å². The minimum Gasteiger partial charge on any atom is -0.508 e. The maximum atomic E-state index is 11.8. The van der Waals surface area contributed by atoms with Crippen LogP contribution in [0.5, 0.6) is 5.75 Å². The molecule has 0 unspecified atom stereocenters. The van der Waals surface area contributed by atoms with Gasteiger partial charge >= 0.3 is 12.0 Å². The molecule has 6 heteroatoms. The number of hydrogen-bond donors (Lipinski definition) is 3. The summed E-state index contributed by atoms with van der Waals surface area (Å²) < 4.78 is 4.91. The number of carbonyl (C=O) groups excluding carboxylic acids is 2. The molecule has 0 saturated heterocycles. The summed E-state index contributed by atoms with van der Waals surface area (Å²) in [5.74, 6) is -0.525. The Balaban J connectivity index is 2.43. The van der Waals surface area contributed by atoms with Crippen LogP contribution in [0.4, 0.5) is 4.79 Å². The Morgan fingerprint density at radius 2 is 2.10 bits per heavy atom. The van der Waals surface area contributed by atoms with Crippen molar-refractivity contribution in [1.82, 2.24) is 10.6 Å². The fraction of sp³-hybridized carbons (Fsp3) is 0.286. The van der Waals surface area contributed by atoms with E-state index >= 15 is 0 Å². The predicted octanol–water partition coefficient (Wildman–Crippen LogP) is 1.58. The number of nitrogens with one attached hydrogen (secondary N) is 2. The molecule has 1 aliphatic rings. The number of benzene rings is 1. The minimum atomic E-state index is -0.583. The summed E-state index contributed by atoms with van der Waals surface area (Å²) in [4.78, 5) is 23.5. The van der Waals surface area contributed by atoms with Gasteiger partial charge in [-0.15, -0.1) is 0 Å².